The molecule has 1 aliphatic carbocycles. The summed E-state index contributed by atoms with van der Waals surface area (Å²) in [5, 5.41) is 10.5. The number of imidazole rings is 1. The fourth-order valence-electron chi connectivity index (χ4n) is 4.78. The van der Waals surface area contributed by atoms with Gasteiger partial charge in [0.15, 0.2) is 5.82 Å². The van der Waals surface area contributed by atoms with Crippen LogP contribution in [0, 0.1) is 5.41 Å². The Morgan fingerprint density at radius 3 is 2.72 bits per heavy atom. The quantitative estimate of drug-likeness (QED) is 0.737. The van der Waals surface area contributed by atoms with Gasteiger partial charge in [0.1, 0.15) is 0 Å². The Kier molecular flexibility index (Phi) is 5.62. The van der Waals surface area contributed by atoms with E-state index in [1.807, 2.05) is 19.1 Å². The van der Waals surface area contributed by atoms with Crippen LogP contribution in [-0.2, 0) is 0 Å². The fourth-order valence-corrected chi connectivity index (χ4v) is 5.05. The third-order valence-electron chi connectivity index (χ3n) is 6.84. The zero-order valence-electron chi connectivity index (χ0n) is 17.5. The number of fused-ring (bicyclic) bond motifs is 1. The number of nitrogens with zero attached hydrogens (tertiary/aromatic N) is 3. The molecule has 0 bridgehead atoms. The van der Waals surface area contributed by atoms with Crippen molar-refractivity contribution in [3.63, 3.8) is 0 Å². The maximum Gasteiger partial charge on any atom is 0.203 e. The topological polar surface area (TPSA) is 72.5 Å². The summed E-state index contributed by atoms with van der Waals surface area (Å²) < 4.78 is 0. The fraction of sp³-hybridized carbons (Fsp3) is 0.636. The number of hydrogen-bond acceptors (Lipinski definition) is 5. The Morgan fingerprint density at radius 1 is 1.34 bits per heavy atom. The highest BCUT2D eigenvalue weighted by Crippen LogP contribution is 2.39. The Labute approximate surface area is 177 Å². The van der Waals surface area contributed by atoms with E-state index in [0.717, 1.165) is 42.9 Å². The van der Waals surface area contributed by atoms with Crippen molar-refractivity contribution in [1.82, 2.24) is 14.9 Å². The Hall–Kier alpha value is -1.63. The lowest BCUT2D eigenvalue weighted by Crippen LogP contribution is -2.51. The van der Waals surface area contributed by atoms with Crippen LogP contribution in [0.1, 0.15) is 57.1 Å². The summed E-state index contributed by atoms with van der Waals surface area (Å²) in [6, 6.07) is 4.27. The van der Waals surface area contributed by atoms with E-state index < -0.39 is 5.41 Å². The molecule has 2 fully saturated rings. The van der Waals surface area contributed by atoms with Gasteiger partial charge in [-0.05, 0) is 51.3 Å². The number of Topliss-reactive ketones (excluding diaryl/α,β-unsaturated/α-hetero) is 1. The number of nitrogens with one attached hydrogen (secondary N) is 1. The lowest BCUT2D eigenvalue weighted by molar-refractivity contribution is 0.0523. The SMILES string of the molecule is CCN1CCN(c2cc3nc(C(=O)C4(C)CCC(O)CC4)[nH]c3cc2Cl)C(C)C1. The van der Waals surface area contributed by atoms with E-state index in [1.165, 1.54) is 0 Å². The first-order valence-corrected chi connectivity index (χ1v) is 11.1. The lowest BCUT2D eigenvalue weighted by atomic mass is 9.71. The zero-order valence-corrected chi connectivity index (χ0v) is 18.3. The minimum atomic E-state index is -0.468. The summed E-state index contributed by atoms with van der Waals surface area (Å²) in [7, 11) is 0. The van der Waals surface area contributed by atoms with Crippen LogP contribution in [0.2, 0.25) is 5.02 Å². The van der Waals surface area contributed by atoms with Crippen LogP contribution in [0.4, 0.5) is 5.69 Å². The Bertz CT molecular complexity index is 904. The van der Waals surface area contributed by atoms with E-state index in [0.29, 0.717) is 42.6 Å². The number of hydrogen-bond donors (Lipinski definition) is 2. The van der Waals surface area contributed by atoms with Gasteiger partial charge in [-0.15, -0.1) is 0 Å². The Balaban J connectivity index is 1.61. The molecule has 6 nitrogen and oxygen atoms in total. The van der Waals surface area contributed by atoms with Gasteiger partial charge in [0.25, 0.3) is 0 Å². The number of aromatic nitrogens is 2. The first-order valence-electron chi connectivity index (χ1n) is 10.7. The minimum absolute atomic E-state index is 0.0307. The summed E-state index contributed by atoms with van der Waals surface area (Å²) in [4.78, 5) is 25.8. The molecular formula is C22H31ClN4O2. The molecule has 0 radical (unpaired) electrons. The van der Waals surface area contributed by atoms with Gasteiger partial charge in [0.05, 0.1) is 27.8 Å². The number of benzene rings is 1. The highest BCUT2D eigenvalue weighted by molar-refractivity contribution is 6.34. The highest BCUT2D eigenvalue weighted by atomic mass is 35.5. The third kappa shape index (κ3) is 3.90. The smallest absolute Gasteiger partial charge is 0.203 e. The van der Waals surface area contributed by atoms with Crippen LogP contribution < -0.4 is 4.90 Å². The average molecular weight is 419 g/mol. The van der Waals surface area contributed by atoms with Crippen LogP contribution in [0.15, 0.2) is 12.1 Å². The molecule has 0 amide bonds. The molecule has 1 aliphatic heterocycles. The maximum atomic E-state index is 13.2. The van der Waals surface area contributed by atoms with E-state index in [4.69, 9.17) is 11.6 Å². The van der Waals surface area contributed by atoms with Crippen molar-refractivity contribution in [3.8, 4) is 0 Å². The first kappa shape index (κ1) is 20.6. The molecule has 1 aromatic carbocycles. The van der Waals surface area contributed by atoms with Gasteiger partial charge in [-0.2, -0.15) is 0 Å². The van der Waals surface area contributed by atoms with Gasteiger partial charge in [-0.1, -0.05) is 25.4 Å². The average Bonchev–Trinajstić information content (AvgIpc) is 3.11. The standard InChI is InChI=1S/C22H31ClN4O2/c1-4-26-9-10-27(14(2)13-26)19-12-18-17(11-16(19)23)24-21(25-18)20(29)22(3)7-5-15(28)6-8-22/h11-12,14-15,28H,4-10,13H2,1-3H3,(H,24,25). The number of carbonyl (C=O) groups excluding carboxylic acids is 1. The predicted octanol–water partition coefficient (Wildman–Crippen LogP) is 3.87. The van der Waals surface area contributed by atoms with Crippen LogP contribution in [0.3, 0.4) is 0 Å². The van der Waals surface area contributed by atoms with Gasteiger partial charge in [0.2, 0.25) is 5.78 Å². The van der Waals surface area contributed by atoms with Gasteiger partial charge < -0.3 is 15.0 Å². The normalized spacial score (nSPS) is 28.8. The number of carbonyl (C=O) groups is 1. The van der Waals surface area contributed by atoms with E-state index in [-0.39, 0.29) is 11.9 Å². The number of rotatable bonds is 4. The second-order valence-corrected chi connectivity index (χ2v) is 9.37. The van der Waals surface area contributed by atoms with Crippen LogP contribution in [-0.4, -0.2) is 64.1 Å². The third-order valence-corrected chi connectivity index (χ3v) is 7.14. The zero-order chi connectivity index (χ0) is 20.8. The molecule has 2 aromatic rings. The molecule has 0 spiro atoms. The second kappa shape index (κ2) is 7.89. The van der Waals surface area contributed by atoms with Crippen LogP contribution in [0.25, 0.3) is 11.0 Å². The van der Waals surface area contributed by atoms with E-state index in [2.05, 4.69) is 33.6 Å². The molecule has 1 saturated heterocycles. The molecule has 4 rings (SSSR count). The number of anilines is 1. The number of piperazine rings is 1. The van der Waals surface area contributed by atoms with E-state index in [1.54, 1.807) is 0 Å². The summed E-state index contributed by atoms with van der Waals surface area (Å²) in [5.41, 5.74) is 2.09. The number of aliphatic hydroxyl groups excluding tert-OH is 1. The van der Waals surface area contributed by atoms with E-state index >= 15 is 0 Å². The first-order chi connectivity index (χ1) is 13.8. The number of likely N-dealkylation sites (N-methyl/N-ethyl adjacent to an activating group) is 1. The minimum Gasteiger partial charge on any atom is -0.393 e. The van der Waals surface area contributed by atoms with Gasteiger partial charge >= 0.3 is 0 Å². The number of aromatic amines is 1. The van der Waals surface area contributed by atoms with Crippen molar-refractivity contribution < 1.29 is 9.90 Å². The lowest BCUT2D eigenvalue weighted by Gasteiger charge is -2.41. The van der Waals surface area contributed by atoms with Crippen LogP contribution in [0.5, 0.6) is 0 Å². The summed E-state index contributed by atoms with van der Waals surface area (Å²) in [6.07, 6.45) is 2.42. The van der Waals surface area contributed by atoms with Gasteiger partial charge in [-0.3, -0.25) is 9.69 Å². The summed E-state index contributed by atoms with van der Waals surface area (Å²) >= 11 is 6.64. The van der Waals surface area contributed by atoms with Crippen molar-refractivity contribution in [3.05, 3.63) is 23.0 Å². The summed E-state index contributed by atoms with van der Waals surface area (Å²) in [5.74, 6) is 0.430. The number of aliphatic hydroxyl groups is 1. The van der Waals surface area contributed by atoms with Gasteiger partial charge in [0, 0.05) is 31.1 Å². The molecule has 2 aliphatic rings. The molecule has 1 unspecified atom stereocenters. The van der Waals surface area contributed by atoms with Crippen molar-refractivity contribution in [2.24, 2.45) is 5.41 Å². The number of H-pyrrole nitrogens is 1. The van der Waals surface area contributed by atoms with Crippen molar-refractivity contribution in [2.75, 3.05) is 31.1 Å². The molecule has 1 atom stereocenters. The molecule has 2 heterocycles. The molecule has 158 valence electrons. The molecule has 29 heavy (non-hydrogen) atoms. The Morgan fingerprint density at radius 2 is 2.07 bits per heavy atom. The molecule has 1 saturated carbocycles. The largest absolute Gasteiger partial charge is 0.393 e. The van der Waals surface area contributed by atoms with Crippen molar-refractivity contribution in [1.29, 1.82) is 0 Å². The molecule has 1 aromatic heterocycles. The number of halogens is 1. The predicted molar refractivity (Wildman–Crippen MR) is 117 cm³/mol. The van der Waals surface area contributed by atoms with Crippen molar-refractivity contribution in [2.45, 2.75) is 58.6 Å². The number of ketones is 1. The van der Waals surface area contributed by atoms with Crippen molar-refractivity contribution >= 4 is 34.1 Å². The molecule has 2 N–H and O–H groups in total. The van der Waals surface area contributed by atoms with Gasteiger partial charge in [-0.25, -0.2) is 4.98 Å². The second-order valence-electron chi connectivity index (χ2n) is 8.96. The molecule has 7 heteroatoms. The highest BCUT2D eigenvalue weighted by Gasteiger charge is 2.39. The van der Waals surface area contributed by atoms with Crippen LogP contribution >= 0.6 is 11.6 Å². The summed E-state index contributed by atoms with van der Waals surface area (Å²) in [6.45, 7) is 10.4. The molecular weight excluding hydrogens is 388 g/mol. The monoisotopic (exact) mass is 418 g/mol. The van der Waals surface area contributed by atoms with E-state index in [9.17, 15) is 9.90 Å². The maximum absolute atomic E-state index is 13.2.